The summed E-state index contributed by atoms with van der Waals surface area (Å²) >= 11 is 0. The topological polar surface area (TPSA) is 236 Å². The fraction of sp³-hybridized carbons (Fsp3) is 0.964. The molecule has 0 rings (SSSR count). The number of aliphatic hydroxyl groups is 6. The van der Waals surface area contributed by atoms with Crippen LogP contribution in [0.4, 0.5) is 0 Å². The number of amides is 3. The van der Waals surface area contributed by atoms with Gasteiger partial charge in [0.25, 0.3) is 0 Å². The highest BCUT2D eigenvalue weighted by atomic mass is 35.5. The van der Waals surface area contributed by atoms with E-state index in [1.807, 2.05) is 0 Å². The van der Waals surface area contributed by atoms with Crippen LogP contribution < -0.4 is 28.4 Å². The summed E-state index contributed by atoms with van der Waals surface area (Å²) in [6, 6.07) is 0.118. The minimum absolute atomic E-state index is 0. The molecule has 0 radical (unpaired) electrons. The van der Waals surface area contributed by atoms with E-state index < -0.39 is 84.9 Å². The number of aliphatic hydroxyl groups excluding tert-OH is 6. The summed E-state index contributed by atoms with van der Waals surface area (Å²) in [4.78, 5) is 41.4. The van der Waals surface area contributed by atoms with Crippen LogP contribution in [0.2, 0.25) is 6.04 Å². The Kier molecular flexibility index (Phi) is 71.8. The Morgan fingerprint density at radius 1 is 0.277 bits per heavy atom. The van der Waals surface area contributed by atoms with E-state index in [1.54, 1.807) is 0 Å². The maximum Gasteiger partial charge on any atom is 0.501 e. The summed E-state index contributed by atoms with van der Waals surface area (Å²) < 4.78 is 21.4. The average Bonchev–Trinajstić information content (AvgIpc) is 0.813. The number of nitrogens with zero attached hydrogens (tertiary/aromatic N) is 1. The van der Waals surface area contributed by atoms with Crippen molar-refractivity contribution in [2.75, 3.05) is 86.6 Å². The van der Waals surface area contributed by atoms with E-state index in [1.165, 1.54) is 263 Å². The maximum absolute atomic E-state index is 13.8. The van der Waals surface area contributed by atoms with Gasteiger partial charge in [0.15, 0.2) is 0 Å². The zero-order valence-corrected chi connectivity index (χ0v) is 68.9. The van der Waals surface area contributed by atoms with E-state index in [0.29, 0.717) is 36.7 Å². The molecule has 0 bridgehead atoms. The molecule has 0 atom stereocenters. The molecule has 18 heteroatoms. The standard InChI is InChI=1S/C83H168N4O12Si.ClH/c1-7-11-15-19-23-27-31-35-36-37-41-45-49-53-57-61-66-87(5,6)67-62-68-100(97-75-81(69-88,70-89)84-78(94)63-58-54-50-46-42-38-32-28-24-20-16-12-8-2,98-76-82(71-90,72-91)85-79(95)64-59-55-51-47-43-39-33-29-25-21-17-13-9-3)99-77-83(73-92,74-93)86-80(96)65-60-56-52-48-44-40-34-30-26-22-18-14-10-4;/h88-93H,7-77H2,1-6H3,(H2-,84,85,86,94,95,96);1H. The molecule has 101 heavy (non-hydrogen) atoms. The first-order valence-electron chi connectivity index (χ1n) is 42.9. The number of rotatable bonds is 81. The van der Waals surface area contributed by atoms with E-state index in [0.717, 1.165) is 77.2 Å². The number of quaternary nitrogens is 1. The molecule has 0 unspecified atom stereocenters. The molecule has 0 spiro atoms. The molecule has 16 nitrogen and oxygen atoms in total. The van der Waals surface area contributed by atoms with Gasteiger partial charge < -0.3 is 76.8 Å². The highest BCUT2D eigenvalue weighted by molar-refractivity contribution is 6.60. The van der Waals surface area contributed by atoms with Crippen molar-refractivity contribution in [1.29, 1.82) is 0 Å². The van der Waals surface area contributed by atoms with Gasteiger partial charge in [-0.25, -0.2) is 0 Å². The lowest BCUT2D eigenvalue weighted by Crippen LogP contribution is -3.00. The highest BCUT2D eigenvalue weighted by Crippen LogP contribution is 2.27. The molecular formula is C83H169ClN4O12Si. The molecule has 0 aromatic heterocycles. The van der Waals surface area contributed by atoms with E-state index in [9.17, 15) is 45.0 Å². The van der Waals surface area contributed by atoms with Crippen LogP contribution in [0.5, 0.6) is 0 Å². The lowest BCUT2D eigenvalue weighted by atomic mass is 10.0. The van der Waals surface area contributed by atoms with Gasteiger partial charge in [0.05, 0.1) is 86.6 Å². The number of unbranched alkanes of at least 4 members (excludes halogenated alkanes) is 51. The Morgan fingerprint density at radius 2 is 0.446 bits per heavy atom. The van der Waals surface area contributed by atoms with Crippen LogP contribution >= 0.6 is 0 Å². The van der Waals surface area contributed by atoms with Crippen molar-refractivity contribution in [3.8, 4) is 0 Å². The lowest BCUT2D eigenvalue weighted by Gasteiger charge is -2.41. The van der Waals surface area contributed by atoms with E-state index in [2.05, 4.69) is 57.7 Å². The molecule has 9 N–H and O–H groups in total. The molecule has 0 aliphatic rings. The quantitative estimate of drug-likeness (QED) is 0.0157. The Hall–Kier alpha value is -1.48. The van der Waals surface area contributed by atoms with E-state index >= 15 is 0 Å². The van der Waals surface area contributed by atoms with Gasteiger partial charge in [-0.3, -0.25) is 14.4 Å². The van der Waals surface area contributed by atoms with Gasteiger partial charge in [0.2, 0.25) is 17.7 Å². The normalized spacial score (nSPS) is 12.4. The fourth-order valence-corrected chi connectivity index (χ4v) is 16.5. The van der Waals surface area contributed by atoms with Crippen LogP contribution in [0.15, 0.2) is 0 Å². The monoisotopic (exact) mass is 1480 g/mol. The zero-order chi connectivity index (χ0) is 73.7. The Bertz CT molecular complexity index is 1640. The molecular weight excluding hydrogens is 1310 g/mol. The highest BCUT2D eigenvalue weighted by Gasteiger charge is 2.49. The summed E-state index contributed by atoms with van der Waals surface area (Å²) in [5.41, 5.74) is -5.08. The fourth-order valence-electron chi connectivity index (χ4n) is 13.8. The van der Waals surface area contributed by atoms with E-state index in [4.69, 9.17) is 13.3 Å². The van der Waals surface area contributed by atoms with Crippen molar-refractivity contribution in [2.45, 2.75) is 429 Å². The first-order valence-corrected chi connectivity index (χ1v) is 44.9. The molecule has 0 saturated heterocycles. The third kappa shape index (κ3) is 59.2. The van der Waals surface area contributed by atoms with Crippen molar-refractivity contribution in [1.82, 2.24) is 16.0 Å². The van der Waals surface area contributed by atoms with Crippen LogP contribution in [0.25, 0.3) is 0 Å². The van der Waals surface area contributed by atoms with Gasteiger partial charge in [-0.1, -0.05) is 349 Å². The predicted octanol–water partition coefficient (Wildman–Crippen LogP) is 15.7. The summed E-state index contributed by atoms with van der Waals surface area (Å²) in [5.74, 6) is -1.06. The molecule has 0 saturated carbocycles. The Morgan fingerprint density at radius 3 is 0.634 bits per heavy atom. The Labute approximate surface area is 630 Å². The Balaban J connectivity index is 0. The van der Waals surface area contributed by atoms with Crippen LogP contribution in [0, 0.1) is 0 Å². The summed E-state index contributed by atoms with van der Waals surface area (Å²) in [6.07, 6.45) is 67.2. The first kappa shape index (κ1) is 102. The number of carbonyl (C=O) groups excluding carboxylic acids is 3. The van der Waals surface area contributed by atoms with Crippen LogP contribution in [0.3, 0.4) is 0 Å². The maximum atomic E-state index is 13.8. The number of nitrogens with one attached hydrogen (secondary N) is 3. The number of hydrogen-bond donors (Lipinski definition) is 9. The number of hydrogen-bond acceptors (Lipinski definition) is 12. The van der Waals surface area contributed by atoms with Gasteiger partial charge in [-0.2, -0.15) is 0 Å². The molecule has 0 aliphatic carbocycles. The smallest absolute Gasteiger partial charge is 0.501 e. The summed E-state index contributed by atoms with van der Waals surface area (Å²) in [6.45, 7) is 5.02. The van der Waals surface area contributed by atoms with Crippen molar-refractivity contribution in [2.24, 2.45) is 0 Å². The van der Waals surface area contributed by atoms with Gasteiger partial charge in [-0.15, -0.1) is 0 Å². The van der Waals surface area contributed by atoms with Crippen molar-refractivity contribution >= 4 is 26.5 Å². The molecule has 0 aromatic carbocycles. The third-order valence-electron chi connectivity index (χ3n) is 21.1. The summed E-state index contributed by atoms with van der Waals surface area (Å²) in [5, 5.41) is 75.5. The molecule has 604 valence electrons. The van der Waals surface area contributed by atoms with Crippen molar-refractivity contribution in [3.05, 3.63) is 0 Å². The predicted molar refractivity (Wildman–Crippen MR) is 420 cm³/mol. The molecule has 0 aliphatic heterocycles. The minimum Gasteiger partial charge on any atom is -1.00 e. The van der Waals surface area contributed by atoms with Gasteiger partial charge in [0, 0.05) is 31.7 Å². The number of carbonyl (C=O) groups is 3. The second-order valence-corrected chi connectivity index (χ2v) is 34.5. The summed E-state index contributed by atoms with van der Waals surface area (Å²) in [7, 11) is 0.0186. The average molecular weight is 1480 g/mol. The van der Waals surface area contributed by atoms with Gasteiger partial charge in [-0.05, 0) is 32.1 Å². The number of halogens is 1. The minimum atomic E-state index is -4.36. The third-order valence-corrected chi connectivity index (χ3v) is 23.8. The van der Waals surface area contributed by atoms with E-state index in [-0.39, 0.29) is 55.4 Å². The molecule has 0 aromatic rings. The second kappa shape index (κ2) is 71.4. The first-order chi connectivity index (χ1) is 48.6. The molecule has 3 amide bonds. The van der Waals surface area contributed by atoms with Crippen LogP contribution in [0.1, 0.15) is 407 Å². The SMILES string of the molecule is CCCCCCCCCCCCCCCCCC[N+](C)(C)CCC[Si](OCC(CO)(CO)NC(=O)CCCCCCCCCCCCCCC)(OCC(CO)(CO)NC(=O)CCCCCCCCCCCCCCC)OCC(CO)(CO)NC(=O)CCCCCCCCCCCCCCC.[Cl-]. The van der Waals surface area contributed by atoms with Gasteiger partial charge in [0.1, 0.15) is 16.6 Å². The van der Waals surface area contributed by atoms with Crippen LogP contribution in [-0.2, 0) is 27.7 Å². The largest absolute Gasteiger partial charge is 1.00 e. The lowest BCUT2D eigenvalue weighted by molar-refractivity contribution is -0.890. The second-order valence-electron chi connectivity index (χ2n) is 31.8. The van der Waals surface area contributed by atoms with Crippen molar-refractivity contribution < 1.29 is 75.2 Å². The molecule has 0 heterocycles. The van der Waals surface area contributed by atoms with Crippen LogP contribution in [-0.4, -0.2) is 165 Å². The van der Waals surface area contributed by atoms with Gasteiger partial charge >= 0.3 is 8.80 Å². The van der Waals surface area contributed by atoms with Crippen molar-refractivity contribution in [3.63, 3.8) is 0 Å². The molecule has 0 fully saturated rings. The zero-order valence-electron chi connectivity index (χ0n) is 67.2.